The van der Waals surface area contributed by atoms with Gasteiger partial charge in [0.1, 0.15) is 0 Å². The van der Waals surface area contributed by atoms with Gasteiger partial charge in [-0.25, -0.2) is 0 Å². The second kappa shape index (κ2) is 6.26. The van der Waals surface area contributed by atoms with Gasteiger partial charge in [-0.1, -0.05) is 29.8 Å². The average molecular weight is 246 g/mol. The van der Waals surface area contributed by atoms with Gasteiger partial charge in [0.25, 0.3) is 0 Å². The predicted molar refractivity (Wildman–Crippen MR) is 68.3 cm³/mol. The van der Waals surface area contributed by atoms with E-state index in [-0.39, 0.29) is 0 Å². The number of nitrogens with zero attached hydrogens (tertiary/aromatic N) is 4. The van der Waals surface area contributed by atoms with Crippen molar-refractivity contribution < 1.29 is 4.74 Å². The highest BCUT2D eigenvalue weighted by atomic mass is 16.5. The summed E-state index contributed by atoms with van der Waals surface area (Å²) in [4.78, 5) is 1.63. The van der Waals surface area contributed by atoms with Crippen molar-refractivity contribution in [2.45, 2.75) is 26.3 Å². The van der Waals surface area contributed by atoms with Crippen molar-refractivity contribution in [2.24, 2.45) is 0 Å². The highest BCUT2D eigenvalue weighted by molar-refractivity contribution is 5.23. The number of aromatic nitrogens is 4. The van der Waals surface area contributed by atoms with Gasteiger partial charge in [0.2, 0.25) is 0 Å². The van der Waals surface area contributed by atoms with Crippen LogP contribution in [0.15, 0.2) is 24.3 Å². The zero-order valence-corrected chi connectivity index (χ0v) is 10.8. The minimum atomic E-state index is 0.717. The number of hydrogen-bond acceptors (Lipinski definition) is 4. The van der Waals surface area contributed by atoms with Crippen LogP contribution in [0.5, 0.6) is 0 Å². The highest BCUT2D eigenvalue weighted by Gasteiger charge is 2.03. The molecule has 1 aromatic heterocycles. The maximum absolute atomic E-state index is 4.99. The predicted octanol–water partition coefficient (Wildman–Crippen LogP) is 1.61. The van der Waals surface area contributed by atoms with Crippen LogP contribution < -0.4 is 0 Å². The van der Waals surface area contributed by atoms with Gasteiger partial charge in [0.15, 0.2) is 5.82 Å². The third-order valence-electron chi connectivity index (χ3n) is 2.68. The average Bonchev–Trinajstić information content (AvgIpc) is 2.80. The molecule has 0 aliphatic carbocycles. The van der Waals surface area contributed by atoms with Crippen molar-refractivity contribution in [1.29, 1.82) is 0 Å². The molecule has 0 aliphatic heterocycles. The van der Waals surface area contributed by atoms with Gasteiger partial charge >= 0.3 is 0 Å². The summed E-state index contributed by atoms with van der Waals surface area (Å²) >= 11 is 0. The van der Waals surface area contributed by atoms with Crippen LogP contribution in [0.25, 0.3) is 0 Å². The standard InChI is InChI=1S/C13H18N4O/c1-11-4-6-12(7-5-11)10-13-14-16-17(15-13)8-3-9-18-2/h4-7H,3,8-10H2,1-2H3. The molecule has 0 saturated heterocycles. The van der Waals surface area contributed by atoms with E-state index in [4.69, 9.17) is 4.74 Å². The van der Waals surface area contributed by atoms with Crippen LogP contribution in [0.4, 0.5) is 0 Å². The van der Waals surface area contributed by atoms with Crippen molar-refractivity contribution >= 4 is 0 Å². The van der Waals surface area contributed by atoms with E-state index >= 15 is 0 Å². The van der Waals surface area contributed by atoms with Gasteiger partial charge in [0.05, 0.1) is 6.54 Å². The highest BCUT2D eigenvalue weighted by Crippen LogP contribution is 2.06. The molecule has 0 radical (unpaired) electrons. The number of tetrazole rings is 1. The second-order valence-corrected chi connectivity index (χ2v) is 4.31. The first-order chi connectivity index (χ1) is 8.78. The Bertz CT molecular complexity index is 478. The summed E-state index contributed by atoms with van der Waals surface area (Å²) in [5, 5.41) is 12.4. The Hall–Kier alpha value is -1.75. The van der Waals surface area contributed by atoms with Crippen LogP contribution in [0, 0.1) is 6.92 Å². The molecule has 96 valence electrons. The normalized spacial score (nSPS) is 10.8. The zero-order chi connectivity index (χ0) is 12.8. The van der Waals surface area contributed by atoms with Crippen LogP contribution >= 0.6 is 0 Å². The smallest absolute Gasteiger partial charge is 0.179 e. The maximum Gasteiger partial charge on any atom is 0.179 e. The Morgan fingerprint density at radius 2 is 2.00 bits per heavy atom. The van der Waals surface area contributed by atoms with E-state index in [0.29, 0.717) is 0 Å². The van der Waals surface area contributed by atoms with Gasteiger partial charge in [-0.15, -0.1) is 10.2 Å². The molecule has 2 aromatic rings. The third kappa shape index (κ3) is 3.63. The van der Waals surface area contributed by atoms with E-state index in [0.717, 1.165) is 31.8 Å². The fourth-order valence-corrected chi connectivity index (χ4v) is 1.68. The molecule has 0 fully saturated rings. The van der Waals surface area contributed by atoms with Gasteiger partial charge in [-0.2, -0.15) is 4.80 Å². The number of hydrogen-bond donors (Lipinski definition) is 0. The summed E-state index contributed by atoms with van der Waals surface area (Å²) in [5.74, 6) is 0.760. The van der Waals surface area contributed by atoms with E-state index in [1.165, 1.54) is 11.1 Å². The molecule has 2 rings (SSSR count). The van der Waals surface area contributed by atoms with Gasteiger partial charge in [0, 0.05) is 20.1 Å². The number of methoxy groups -OCH3 is 1. The summed E-state index contributed by atoms with van der Waals surface area (Å²) in [6.07, 6.45) is 1.63. The SMILES string of the molecule is COCCCn1nnc(Cc2ccc(C)cc2)n1. The third-order valence-corrected chi connectivity index (χ3v) is 2.68. The van der Waals surface area contributed by atoms with Crippen molar-refractivity contribution in [3.05, 3.63) is 41.2 Å². The Balaban J connectivity index is 1.91. The molecule has 1 aromatic carbocycles. The summed E-state index contributed by atoms with van der Waals surface area (Å²) < 4.78 is 4.99. The maximum atomic E-state index is 4.99. The second-order valence-electron chi connectivity index (χ2n) is 4.31. The minimum absolute atomic E-state index is 0.717. The number of rotatable bonds is 6. The largest absolute Gasteiger partial charge is 0.385 e. The van der Waals surface area contributed by atoms with Crippen molar-refractivity contribution in [2.75, 3.05) is 13.7 Å². The lowest BCUT2D eigenvalue weighted by atomic mass is 10.1. The molecule has 0 spiro atoms. The van der Waals surface area contributed by atoms with Crippen LogP contribution in [-0.2, 0) is 17.7 Å². The van der Waals surface area contributed by atoms with E-state index in [1.807, 2.05) is 0 Å². The minimum Gasteiger partial charge on any atom is -0.385 e. The molecule has 5 heteroatoms. The Morgan fingerprint density at radius 3 is 2.72 bits per heavy atom. The van der Waals surface area contributed by atoms with Crippen LogP contribution in [0.2, 0.25) is 0 Å². The van der Waals surface area contributed by atoms with Crippen LogP contribution in [0.3, 0.4) is 0 Å². The molecular formula is C13H18N4O. The molecule has 5 nitrogen and oxygen atoms in total. The van der Waals surface area contributed by atoms with E-state index < -0.39 is 0 Å². The summed E-state index contributed by atoms with van der Waals surface area (Å²) in [6, 6.07) is 8.39. The fraction of sp³-hybridized carbons (Fsp3) is 0.462. The van der Waals surface area contributed by atoms with Crippen LogP contribution in [-0.4, -0.2) is 33.9 Å². The van der Waals surface area contributed by atoms with E-state index in [1.54, 1.807) is 11.9 Å². The molecular weight excluding hydrogens is 228 g/mol. The lowest BCUT2D eigenvalue weighted by Crippen LogP contribution is -2.05. The molecule has 0 saturated carbocycles. The van der Waals surface area contributed by atoms with Gasteiger partial charge in [-0.05, 0) is 24.1 Å². The lowest BCUT2D eigenvalue weighted by molar-refractivity contribution is 0.187. The van der Waals surface area contributed by atoms with Crippen LogP contribution in [0.1, 0.15) is 23.4 Å². The molecule has 0 atom stereocenters. The van der Waals surface area contributed by atoms with E-state index in [2.05, 4.69) is 46.6 Å². The lowest BCUT2D eigenvalue weighted by Gasteiger charge is -1.98. The zero-order valence-electron chi connectivity index (χ0n) is 10.8. The summed E-state index contributed by atoms with van der Waals surface area (Å²) in [7, 11) is 1.69. The van der Waals surface area contributed by atoms with Gasteiger partial charge < -0.3 is 4.74 Å². The fourth-order valence-electron chi connectivity index (χ4n) is 1.68. The Morgan fingerprint density at radius 1 is 1.22 bits per heavy atom. The monoisotopic (exact) mass is 246 g/mol. The first kappa shape index (κ1) is 12.7. The molecule has 0 bridgehead atoms. The number of benzene rings is 1. The number of aryl methyl sites for hydroxylation is 2. The first-order valence-corrected chi connectivity index (χ1v) is 6.09. The molecule has 0 amide bonds. The Kier molecular flexibility index (Phi) is 4.41. The Labute approximate surface area is 107 Å². The first-order valence-electron chi connectivity index (χ1n) is 6.09. The van der Waals surface area contributed by atoms with E-state index in [9.17, 15) is 0 Å². The van der Waals surface area contributed by atoms with Crippen molar-refractivity contribution in [3.8, 4) is 0 Å². The number of ether oxygens (including phenoxy) is 1. The topological polar surface area (TPSA) is 52.8 Å². The summed E-state index contributed by atoms with van der Waals surface area (Å²) in [6.45, 7) is 3.54. The molecule has 1 heterocycles. The summed E-state index contributed by atoms with van der Waals surface area (Å²) in [5.41, 5.74) is 2.46. The van der Waals surface area contributed by atoms with Crippen molar-refractivity contribution in [3.63, 3.8) is 0 Å². The molecule has 0 aliphatic rings. The van der Waals surface area contributed by atoms with Gasteiger partial charge in [-0.3, -0.25) is 0 Å². The van der Waals surface area contributed by atoms with Crippen molar-refractivity contribution in [1.82, 2.24) is 20.2 Å². The quantitative estimate of drug-likeness (QED) is 0.727. The molecule has 0 N–H and O–H groups in total. The molecule has 18 heavy (non-hydrogen) atoms. The molecule has 0 unspecified atom stereocenters.